The maximum atomic E-state index is 9.32. The Morgan fingerprint density at radius 1 is 1.33 bits per heavy atom. The van der Waals surface area contributed by atoms with Crippen molar-refractivity contribution in [1.82, 2.24) is 0 Å². The third-order valence-corrected chi connectivity index (χ3v) is 3.04. The van der Waals surface area contributed by atoms with Gasteiger partial charge in [-0.05, 0) is 43.4 Å². The number of nitriles is 1. The molecule has 1 aliphatic carbocycles. The lowest BCUT2D eigenvalue weighted by molar-refractivity contribution is 0.230. The summed E-state index contributed by atoms with van der Waals surface area (Å²) in [4.78, 5) is 0. The lowest BCUT2D eigenvalue weighted by Gasteiger charge is -2.21. The first-order valence-corrected chi connectivity index (χ1v) is 6.37. The normalized spacial score (nSPS) is 14.7. The summed E-state index contributed by atoms with van der Waals surface area (Å²) in [6, 6.07) is 12.2. The topological polar surface area (TPSA) is 33.0 Å². The molecule has 1 aromatic rings. The Kier molecular flexibility index (Phi) is 4.20. The van der Waals surface area contributed by atoms with Crippen molar-refractivity contribution >= 4 is 6.08 Å². The van der Waals surface area contributed by atoms with Gasteiger partial charge in [-0.15, -0.1) is 0 Å². The Bertz CT molecular complexity index is 500. The monoisotopic (exact) mass is 239 g/mol. The molecule has 0 bridgehead atoms. The fraction of sp³-hybridized carbons (Fsp3) is 0.312. The molecule has 0 aromatic heterocycles. The fourth-order valence-corrected chi connectivity index (χ4v) is 1.96. The minimum atomic E-state index is 0.604. The highest BCUT2D eigenvalue weighted by Gasteiger charge is 2.18. The third-order valence-electron chi connectivity index (χ3n) is 3.04. The molecule has 0 unspecified atom stereocenters. The molecule has 1 aliphatic rings. The van der Waals surface area contributed by atoms with Crippen LogP contribution < -0.4 is 0 Å². The fourth-order valence-electron chi connectivity index (χ4n) is 1.96. The average molecular weight is 239 g/mol. The van der Waals surface area contributed by atoms with E-state index < -0.39 is 0 Å². The molecular weight excluding hydrogens is 222 g/mol. The van der Waals surface area contributed by atoms with Crippen LogP contribution in [0.25, 0.3) is 6.08 Å². The highest BCUT2D eigenvalue weighted by Crippen LogP contribution is 2.32. The molecular formula is C16H17NO. The van der Waals surface area contributed by atoms with Crippen LogP contribution in [-0.2, 0) is 4.74 Å². The van der Waals surface area contributed by atoms with Crippen LogP contribution in [0.1, 0.15) is 31.7 Å². The van der Waals surface area contributed by atoms with Crippen molar-refractivity contribution in [3.63, 3.8) is 0 Å². The van der Waals surface area contributed by atoms with Crippen LogP contribution in [0, 0.1) is 11.3 Å². The number of nitrogens with zero attached hydrogens (tertiary/aromatic N) is 1. The summed E-state index contributed by atoms with van der Waals surface area (Å²) in [5, 5.41) is 9.32. The Hall–Kier alpha value is -2.01. The molecule has 18 heavy (non-hydrogen) atoms. The zero-order chi connectivity index (χ0) is 12.8. The van der Waals surface area contributed by atoms with E-state index in [4.69, 9.17) is 4.74 Å². The number of ether oxygens (including phenoxy) is 1. The van der Waals surface area contributed by atoms with Crippen LogP contribution in [0.4, 0.5) is 0 Å². The first kappa shape index (κ1) is 12.4. The van der Waals surface area contributed by atoms with Crippen LogP contribution in [0.2, 0.25) is 0 Å². The molecule has 0 N–H and O–H groups in total. The van der Waals surface area contributed by atoms with Crippen LogP contribution in [0.15, 0.2) is 47.2 Å². The van der Waals surface area contributed by atoms with Crippen molar-refractivity contribution in [2.75, 3.05) is 6.61 Å². The zero-order valence-corrected chi connectivity index (χ0v) is 10.6. The molecule has 2 heteroatoms. The van der Waals surface area contributed by atoms with E-state index in [1.165, 1.54) is 12.0 Å². The van der Waals surface area contributed by atoms with Gasteiger partial charge in [0, 0.05) is 0 Å². The standard InChI is InChI=1S/C16H17NO/c1-2-18-16(14-9-6-10-14)15(12-17)11-13-7-4-3-5-8-13/h3-5,7-8,11H,2,6,9-10H2,1H3/b15-11+. The minimum absolute atomic E-state index is 0.604. The minimum Gasteiger partial charge on any atom is -0.493 e. The maximum Gasteiger partial charge on any atom is 0.136 e. The van der Waals surface area contributed by atoms with E-state index in [-0.39, 0.29) is 0 Å². The van der Waals surface area contributed by atoms with Crippen molar-refractivity contribution in [2.24, 2.45) is 0 Å². The lowest BCUT2D eigenvalue weighted by Crippen LogP contribution is -2.06. The molecule has 1 aromatic carbocycles. The van der Waals surface area contributed by atoms with E-state index in [0.29, 0.717) is 12.2 Å². The van der Waals surface area contributed by atoms with E-state index in [1.807, 2.05) is 43.3 Å². The van der Waals surface area contributed by atoms with E-state index in [2.05, 4.69) is 6.07 Å². The molecule has 0 saturated heterocycles. The number of rotatable bonds is 4. The molecule has 92 valence electrons. The highest BCUT2D eigenvalue weighted by molar-refractivity contribution is 5.63. The smallest absolute Gasteiger partial charge is 0.136 e. The lowest BCUT2D eigenvalue weighted by atomic mass is 9.89. The summed E-state index contributed by atoms with van der Waals surface area (Å²) in [6.07, 6.45) is 5.22. The summed E-state index contributed by atoms with van der Waals surface area (Å²) in [6.45, 7) is 2.56. The SMILES string of the molecule is CCOC(=C1CCC1)/C(C#N)=C/c1ccccc1. The van der Waals surface area contributed by atoms with Crippen molar-refractivity contribution in [3.05, 3.63) is 52.8 Å². The molecule has 0 amide bonds. The van der Waals surface area contributed by atoms with E-state index >= 15 is 0 Å². The summed E-state index contributed by atoms with van der Waals surface area (Å²) in [5.41, 5.74) is 2.95. The predicted octanol–water partition coefficient (Wildman–Crippen LogP) is 4.07. The van der Waals surface area contributed by atoms with Crippen LogP contribution in [0.3, 0.4) is 0 Å². The van der Waals surface area contributed by atoms with Crippen LogP contribution in [-0.4, -0.2) is 6.61 Å². The van der Waals surface area contributed by atoms with E-state index in [1.54, 1.807) is 0 Å². The Morgan fingerprint density at radius 2 is 2.06 bits per heavy atom. The quantitative estimate of drug-likeness (QED) is 0.586. The second-order valence-electron chi connectivity index (χ2n) is 4.30. The van der Waals surface area contributed by atoms with Gasteiger partial charge in [0.1, 0.15) is 11.8 Å². The first-order chi connectivity index (χ1) is 8.85. The molecule has 0 spiro atoms. The van der Waals surface area contributed by atoms with Crippen molar-refractivity contribution < 1.29 is 4.74 Å². The Morgan fingerprint density at radius 3 is 2.56 bits per heavy atom. The van der Waals surface area contributed by atoms with Crippen molar-refractivity contribution in [2.45, 2.75) is 26.2 Å². The number of hydrogen-bond donors (Lipinski definition) is 0. The molecule has 2 nitrogen and oxygen atoms in total. The number of allylic oxidation sites excluding steroid dienone is 2. The molecule has 1 saturated carbocycles. The van der Waals surface area contributed by atoms with Gasteiger partial charge < -0.3 is 4.74 Å². The molecule has 1 fully saturated rings. The Balaban J connectivity index is 2.33. The third kappa shape index (κ3) is 2.81. The molecule has 0 aliphatic heterocycles. The van der Waals surface area contributed by atoms with Crippen LogP contribution >= 0.6 is 0 Å². The molecule has 0 atom stereocenters. The number of hydrogen-bond acceptors (Lipinski definition) is 2. The highest BCUT2D eigenvalue weighted by atomic mass is 16.5. The van der Waals surface area contributed by atoms with Gasteiger partial charge in [-0.2, -0.15) is 5.26 Å². The van der Waals surface area contributed by atoms with Gasteiger partial charge in [0.15, 0.2) is 0 Å². The van der Waals surface area contributed by atoms with Gasteiger partial charge >= 0.3 is 0 Å². The summed E-state index contributed by atoms with van der Waals surface area (Å²) >= 11 is 0. The average Bonchev–Trinajstić information content (AvgIpc) is 2.35. The van der Waals surface area contributed by atoms with Crippen molar-refractivity contribution in [1.29, 1.82) is 5.26 Å². The van der Waals surface area contributed by atoms with Crippen LogP contribution in [0.5, 0.6) is 0 Å². The summed E-state index contributed by atoms with van der Waals surface area (Å²) in [5.74, 6) is 0.801. The molecule has 0 heterocycles. The largest absolute Gasteiger partial charge is 0.493 e. The van der Waals surface area contributed by atoms with Crippen molar-refractivity contribution in [3.8, 4) is 6.07 Å². The molecule has 2 rings (SSSR count). The van der Waals surface area contributed by atoms with Gasteiger partial charge in [0.05, 0.1) is 12.2 Å². The second-order valence-corrected chi connectivity index (χ2v) is 4.30. The first-order valence-electron chi connectivity index (χ1n) is 6.37. The Labute approximate surface area is 108 Å². The predicted molar refractivity (Wildman–Crippen MR) is 72.5 cm³/mol. The second kappa shape index (κ2) is 6.07. The number of benzene rings is 1. The summed E-state index contributed by atoms with van der Waals surface area (Å²) in [7, 11) is 0. The molecule has 0 radical (unpaired) electrons. The van der Waals surface area contributed by atoms with Gasteiger partial charge in [0.2, 0.25) is 0 Å². The zero-order valence-electron chi connectivity index (χ0n) is 10.6. The van der Waals surface area contributed by atoms with E-state index in [0.717, 1.165) is 24.2 Å². The van der Waals surface area contributed by atoms with Gasteiger partial charge in [0.25, 0.3) is 0 Å². The van der Waals surface area contributed by atoms with Gasteiger partial charge in [-0.25, -0.2) is 0 Å². The van der Waals surface area contributed by atoms with Gasteiger partial charge in [-0.3, -0.25) is 0 Å². The summed E-state index contributed by atoms with van der Waals surface area (Å²) < 4.78 is 5.66. The van der Waals surface area contributed by atoms with E-state index in [9.17, 15) is 5.26 Å². The van der Waals surface area contributed by atoms with Gasteiger partial charge in [-0.1, -0.05) is 30.3 Å². The maximum absolute atomic E-state index is 9.32.